The molecule has 1 aromatic carbocycles. The third kappa shape index (κ3) is 4.00. The third-order valence-electron chi connectivity index (χ3n) is 4.79. The molecule has 5 nitrogen and oxygen atoms in total. The average Bonchev–Trinajstić information content (AvgIpc) is 2.89. The SMILES string of the molecule is CN1C(=O)/C(=C/c2ccc(C(=O)N3CCCCC3CCO)cc2)SC1=S. The number of aliphatic hydroxyl groups is 1. The molecule has 26 heavy (non-hydrogen) atoms. The summed E-state index contributed by atoms with van der Waals surface area (Å²) in [5.74, 6) is -0.0881. The summed E-state index contributed by atoms with van der Waals surface area (Å²) in [5, 5.41) is 9.23. The number of hydrogen-bond donors (Lipinski definition) is 1. The van der Waals surface area contributed by atoms with Gasteiger partial charge in [0.15, 0.2) is 0 Å². The average molecular weight is 391 g/mol. The summed E-state index contributed by atoms with van der Waals surface area (Å²) in [7, 11) is 1.67. The summed E-state index contributed by atoms with van der Waals surface area (Å²) < 4.78 is 0.549. The number of carbonyl (C=O) groups is 2. The quantitative estimate of drug-likeness (QED) is 0.633. The number of carbonyl (C=O) groups excluding carboxylic acids is 2. The number of rotatable bonds is 4. The highest BCUT2D eigenvalue weighted by molar-refractivity contribution is 8.26. The number of amides is 2. The van der Waals surface area contributed by atoms with Gasteiger partial charge in [-0.2, -0.15) is 0 Å². The molecular weight excluding hydrogens is 368 g/mol. The van der Waals surface area contributed by atoms with Crippen molar-refractivity contribution in [1.82, 2.24) is 9.80 Å². The molecule has 0 aliphatic carbocycles. The van der Waals surface area contributed by atoms with Crippen molar-refractivity contribution in [1.29, 1.82) is 0 Å². The van der Waals surface area contributed by atoms with Crippen LogP contribution in [0.5, 0.6) is 0 Å². The molecule has 0 spiro atoms. The summed E-state index contributed by atoms with van der Waals surface area (Å²) in [6.45, 7) is 0.840. The molecule has 2 aliphatic heterocycles. The third-order valence-corrected chi connectivity index (χ3v) is 6.28. The Morgan fingerprint density at radius 1 is 1.35 bits per heavy atom. The number of thioether (sulfide) groups is 1. The maximum absolute atomic E-state index is 12.8. The van der Waals surface area contributed by atoms with E-state index in [1.54, 1.807) is 25.3 Å². The lowest BCUT2D eigenvalue weighted by Gasteiger charge is -2.35. The molecule has 2 amide bonds. The number of benzene rings is 1. The molecule has 1 unspecified atom stereocenters. The minimum absolute atomic E-state index is 0.00887. The first kappa shape index (κ1) is 19.1. The number of nitrogens with zero attached hydrogens (tertiary/aromatic N) is 2. The van der Waals surface area contributed by atoms with Gasteiger partial charge in [-0.05, 0) is 49.5 Å². The van der Waals surface area contributed by atoms with Gasteiger partial charge in [-0.3, -0.25) is 14.5 Å². The van der Waals surface area contributed by atoms with Gasteiger partial charge in [0.1, 0.15) is 4.32 Å². The van der Waals surface area contributed by atoms with Gasteiger partial charge in [0.25, 0.3) is 11.8 Å². The van der Waals surface area contributed by atoms with Gasteiger partial charge >= 0.3 is 0 Å². The molecule has 1 aromatic rings. The largest absolute Gasteiger partial charge is 0.396 e. The Morgan fingerprint density at radius 2 is 2.08 bits per heavy atom. The van der Waals surface area contributed by atoms with E-state index in [9.17, 15) is 14.7 Å². The van der Waals surface area contributed by atoms with Gasteiger partial charge in [-0.25, -0.2) is 0 Å². The van der Waals surface area contributed by atoms with Crippen LogP contribution in [0.1, 0.15) is 41.6 Å². The molecule has 2 saturated heterocycles. The Bertz CT molecular complexity index is 744. The minimum atomic E-state index is -0.0969. The van der Waals surface area contributed by atoms with Gasteiger partial charge in [-0.15, -0.1) is 0 Å². The van der Waals surface area contributed by atoms with Crippen molar-refractivity contribution < 1.29 is 14.7 Å². The second-order valence-corrected chi connectivity index (χ2v) is 8.20. The van der Waals surface area contributed by atoms with Gasteiger partial charge in [0.05, 0.1) is 4.91 Å². The zero-order valence-electron chi connectivity index (χ0n) is 14.7. The van der Waals surface area contributed by atoms with E-state index >= 15 is 0 Å². The van der Waals surface area contributed by atoms with Gasteiger partial charge in [0, 0.05) is 31.8 Å². The molecule has 0 aromatic heterocycles. The van der Waals surface area contributed by atoms with E-state index in [4.69, 9.17) is 12.2 Å². The zero-order valence-corrected chi connectivity index (χ0v) is 16.3. The molecule has 1 atom stereocenters. The van der Waals surface area contributed by atoms with Crippen LogP contribution in [0.3, 0.4) is 0 Å². The summed E-state index contributed by atoms with van der Waals surface area (Å²) >= 11 is 6.42. The van der Waals surface area contributed by atoms with Gasteiger partial charge in [0.2, 0.25) is 0 Å². The predicted molar refractivity (Wildman–Crippen MR) is 108 cm³/mol. The van der Waals surface area contributed by atoms with Crippen LogP contribution in [0.25, 0.3) is 6.08 Å². The molecular formula is C19H22N2O3S2. The molecule has 2 aliphatic rings. The number of thiocarbonyl (C=S) groups is 1. The highest BCUT2D eigenvalue weighted by atomic mass is 32.2. The van der Waals surface area contributed by atoms with E-state index in [1.165, 1.54) is 16.7 Å². The van der Waals surface area contributed by atoms with Crippen molar-refractivity contribution in [3.05, 3.63) is 40.3 Å². The second kappa shape index (κ2) is 8.33. The van der Waals surface area contributed by atoms with E-state index < -0.39 is 0 Å². The summed E-state index contributed by atoms with van der Waals surface area (Å²) in [4.78, 5) is 28.8. The van der Waals surface area contributed by atoms with Crippen molar-refractivity contribution in [2.24, 2.45) is 0 Å². The van der Waals surface area contributed by atoms with Crippen molar-refractivity contribution in [2.45, 2.75) is 31.7 Å². The molecule has 138 valence electrons. The molecule has 1 N–H and O–H groups in total. The number of aliphatic hydroxyl groups excluding tert-OH is 1. The number of likely N-dealkylation sites (N-methyl/N-ethyl adjacent to an activating group) is 1. The molecule has 0 radical (unpaired) electrons. The fourth-order valence-electron chi connectivity index (χ4n) is 3.30. The van der Waals surface area contributed by atoms with Crippen molar-refractivity contribution >= 4 is 46.2 Å². The topological polar surface area (TPSA) is 60.9 Å². The van der Waals surface area contributed by atoms with E-state index in [2.05, 4.69) is 0 Å². The number of hydrogen-bond acceptors (Lipinski definition) is 5. The van der Waals surface area contributed by atoms with Gasteiger partial charge in [-0.1, -0.05) is 36.1 Å². The number of likely N-dealkylation sites (tertiary alicyclic amines) is 1. The van der Waals surface area contributed by atoms with Crippen LogP contribution in [-0.2, 0) is 4.79 Å². The van der Waals surface area contributed by atoms with Gasteiger partial charge < -0.3 is 10.0 Å². The van der Waals surface area contributed by atoms with Crippen LogP contribution in [0.4, 0.5) is 0 Å². The zero-order chi connectivity index (χ0) is 18.7. The first-order chi connectivity index (χ1) is 12.5. The molecule has 3 rings (SSSR count). The summed E-state index contributed by atoms with van der Waals surface area (Å²) in [5.41, 5.74) is 1.50. The number of piperidine rings is 1. The highest BCUT2D eigenvalue weighted by Crippen LogP contribution is 2.31. The lowest BCUT2D eigenvalue weighted by atomic mass is 9.98. The van der Waals surface area contributed by atoms with E-state index in [1.807, 2.05) is 17.0 Å². The molecule has 2 heterocycles. The Hall–Kier alpha value is -1.70. The molecule has 2 fully saturated rings. The highest BCUT2D eigenvalue weighted by Gasteiger charge is 2.29. The second-order valence-electron chi connectivity index (χ2n) is 6.52. The van der Waals surface area contributed by atoms with Crippen molar-refractivity contribution in [2.75, 3.05) is 20.2 Å². The Morgan fingerprint density at radius 3 is 2.69 bits per heavy atom. The molecule has 0 bridgehead atoms. The van der Waals surface area contributed by atoms with Crippen LogP contribution in [0.15, 0.2) is 29.2 Å². The van der Waals surface area contributed by atoms with Crippen LogP contribution >= 0.6 is 24.0 Å². The van der Waals surface area contributed by atoms with Crippen LogP contribution in [0.2, 0.25) is 0 Å². The molecule has 0 saturated carbocycles. The lowest BCUT2D eigenvalue weighted by molar-refractivity contribution is -0.121. The fraction of sp³-hybridized carbons (Fsp3) is 0.421. The van der Waals surface area contributed by atoms with E-state index in [-0.39, 0.29) is 24.5 Å². The Kier molecular flexibility index (Phi) is 6.11. The Labute approximate surface area is 163 Å². The minimum Gasteiger partial charge on any atom is -0.396 e. The fourth-order valence-corrected chi connectivity index (χ4v) is 4.48. The molecule has 7 heteroatoms. The Balaban J connectivity index is 1.74. The van der Waals surface area contributed by atoms with E-state index in [0.717, 1.165) is 31.4 Å². The summed E-state index contributed by atoms with van der Waals surface area (Å²) in [6, 6.07) is 7.41. The van der Waals surface area contributed by atoms with E-state index in [0.29, 0.717) is 21.2 Å². The monoisotopic (exact) mass is 390 g/mol. The first-order valence-electron chi connectivity index (χ1n) is 8.74. The normalized spacial score (nSPS) is 22.4. The first-order valence-corrected chi connectivity index (χ1v) is 9.97. The van der Waals surface area contributed by atoms with Crippen LogP contribution in [-0.4, -0.2) is 57.3 Å². The smallest absolute Gasteiger partial charge is 0.265 e. The van der Waals surface area contributed by atoms with Crippen LogP contribution in [0, 0.1) is 0 Å². The lowest BCUT2D eigenvalue weighted by Crippen LogP contribution is -2.44. The van der Waals surface area contributed by atoms with Crippen LogP contribution < -0.4 is 0 Å². The van der Waals surface area contributed by atoms with Crippen molar-refractivity contribution in [3.8, 4) is 0 Å². The maximum atomic E-state index is 12.8. The maximum Gasteiger partial charge on any atom is 0.265 e. The predicted octanol–water partition coefficient (Wildman–Crippen LogP) is 2.89. The summed E-state index contributed by atoms with van der Waals surface area (Å²) in [6.07, 6.45) is 5.48. The van der Waals surface area contributed by atoms with Crippen molar-refractivity contribution in [3.63, 3.8) is 0 Å². The standard InChI is InChI=1S/C19H22N2O3S2/c1-20-18(24)16(26-19(20)25)12-13-5-7-14(8-6-13)17(23)21-10-3-2-4-15(21)9-11-22/h5-8,12,15,22H,2-4,9-11H2,1H3/b16-12-.